The lowest BCUT2D eigenvalue weighted by Gasteiger charge is -2.22. The normalized spacial score (nSPS) is 14.9. The van der Waals surface area contributed by atoms with Gasteiger partial charge in [0.1, 0.15) is 5.54 Å². The Kier molecular flexibility index (Phi) is 7.37. The van der Waals surface area contributed by atoms with E-state index in [4.69, 9.17) is 5.26 Å². The molecule has 0 aromatic heterocycles. The molecule has 1 unspecified atom stereocenters. The summed E-state index contributed by atoms with van der Waals surface area (Å²) >= 11 is 0. The Balaban J connectivity index is 3.66. The maximum atomic E-state index is 8.96. The quantitative estimate of drug-likeness (QED) is 0.624. The first-order valence-electron chi connectivity index (χ1n) is 5.94. The van der Waals surface area contributed by atoms with Gasteiger partial charge in [-0.2, -0.15) is 5.26 Å². The molecule has 0 fully saturated rings. The molecule has 15 heavy (non-hydrogen) atoms. The zero-order valence-corrected chi connectivity index (χ0v) is 10.6. The average Bonchev–Trinajstić information content (AvgIpc) is 2.29. The lowest BCUT2D eigenvalue weighted by Crippen LogP contribution is -2.38. The highest BCUT2D eigenvalue weighted by molar-refractivity contribution is 5.02. The Morgan fingerprint density at radius 2 is 1.87 bits per heavy atom. The van der Waals surface area contributed by atoms with E-state index in [-0.39, 0.29) is 5.54 Å². The first-order chi connectivity index (χ1) is 7.11. The molecule has 1 atom stereocenters. The first-order valence-corrected chi connectivity index (χ1v) is 5.94. The minimum absolute atomic E-state index is 0.344. The summed E-state index contributed by atoms with van der Waals surface area (Å²) in [5.41, 5.74) is -0.344. The molecule has 0 aromatic rings. The molecule has 0 bridgehead atoms. The van der Waals surface area contributed by atoms with Crippen molar-refractivity contribution in [1.29, 1.82) is 5.26 Å². The van der Waals surface area contributed by atoms with Crippen LogP contribution in [-0.2, 0) is 0 Å². The van der Waals surface area contributed by atoms with Crippen molar-refractivity contribution in [3.8, 4) is 6.07 Å². The van der Waals surface area contributed by atoms with Crippen LogP contribution < -0.4 is 5.32 Å². The fourth-order valence-corrected chi connectivity index (χ4v) is 1.59. The van der Waals surface area contributed by atoms with Crippen molar-refractivity contribution < 1.29 is 0 Å². The SMILES string of the molecule is CCN(CC)CCCCC(C)(C#N)NC. The van der Waals surface area contributed by atoms with Crippen LogP contribution in [0.4, 0.5) is 0 Å². The minimum Gasteiger partial charge on any atom is -0.304 e. The van der Waals surface area contributed by atoms with Crippen molar-refractivity contribution in [2.24, 2.45) is 0 Å². The zero-order valence-electron chi connectivity index (χ0n) is 10.6. The van der Waals surface area contributed by atoms with E-state index < -0.39 is 0 Å². The van der Waals surface area contributed by atoms with Crippen LogP contribution in [0.5, 0.6) is 0 Å². The van der Waals surface area contributed by atoms with Gasteiger partial charge < -0.3 is 10.2 Å². The van der Waals surface area contributed by atoms with E-state index in [1.807, 2.05) is 14.0 Å². The molecular weight excluding hydrogens is 186 g/mol. The number of unbranched alkanes of at least 4 members (excludes halogenated alkanes) is 1. The highest BCUT2D eigenvalue weighted by Crippen LogP contribution is 2.12. The maximum Gasteiger partial charge on any atom is 0.103 e. The van der Waals surface area contributed by atoms with Gasteiger partial charge in [0, 0.05) is 0 Å². The Morgan fingerprint density at radius 1 is 1.27 bits per heavy atom. The molecule has 3 heteroatoms. The fraction of sp³-hybridized carbons (Fsp3) is 0.917. The van der Waals surface area contributed by atoms with Gasteiger partial charge in [0.15, 0.2) is 0 Å². The van der Waals surface area contributed by atoms with Gasteiger partial charge in [-0.1, -0.05) is 13.8 Å². The van der Waals surface area contributed by atoms with Crippen molar-refractivity contribution in [2.75, 3.05) is 26.7 Å². The third kappa shape index (κ3) is 5.76. The van der Waals surface area contributed by atoms with E-state index in [9.17, 15) is 0 Å². The highest BCUT2D eigenvalue weighted by atomic mass is 15.1. The molecule has 0 aliphatic carbocycles. The molecule has 0 radical (unpaired) electrons. The van der Waals surface area contributed by atoms with Crippen LogP contribution in [0.15, 0.2) is 0 Å². The molecule has 1 N–H and O–H groups in total. The molecule has 0 saturated carbocycles. The average molecular weight is 211 g/mol. The van der Waals surface area contributed by atoms with Crippen molar-refractivity contribution in [3.63, 3.8) is 0 Å². The van der Waals surface area contributed by atoms with Crippen molar-refractivity contribution in [1.82, 2.24) is 10.2 Å². The van der Waals surface area contributed by atoms with Gasteiger partial charge in [0.05, 0.1) is 6.07 Å². The molecule has 0 aromatic carbocycles. The van der Waals surface area contributed by atoms with Crippen molar-refractivity contribution >= 4 is 0 Å². The van der Waals surface area contributed by atoms with E-state index in [0.29, 0.717) is 0 Å². The van der Waals surface area contributed by atoms with Crippen molar-refractivity contribution in [2.45, 2.75) is 45.6 Å². The molecule has 0 spiro atoms. The van der Waals surface area contributed by atoms with Gasteiger partial charge in [-0.3, -0.25) is 0 Å². The van der Waals surface area contributed by atoms with Crippen LogP contribution in [0, 0.1) is 11.3 Å². The first kappa shape index (κ1) is 14.4. The van der Waals surface area contributed by atoms with E-state index in [1.165, 1.54) is 6.42 Å². The summed E-state index contributed by atoms with van der Waals surface area (Å²) in [5.74, 6) is 0. The summed E-state index contributed by atoms with van der Waals surface area (Å²) in [6.45, 7) is 9.74. The van der Waals surface area contributed by atoms with Crippen molar-refractivity contribution in [3.05, 3.63) is 0 Å². The number of hydrogen-bond donors (Lipinski definition) is 1. The molecule has 0 amide bonds. The smallest absolute Gasteiger partial charge is 0.103 e. The largest absolute Gasteiger partial charge is 0.304 e. The summed E-state index contributed by atoms with van der Waals surface area (Å²) < 4.78 is 0. The Morgan fingerprint density at radius 3 is 2.27 bits per heavy atom. The summed E-state index contributed by atoms with van der Waals surface area (Å²) in [7, 11) is 1.85. The molecule has 0 aliphatic rings. The molecular formula is C12H25N3. The number of rotatable bonds is 8. The predicted molar refractivity (Wildman–Crippen MR) is 64.7 cm³/mol. The number of nitriles is 1. The van der Waals surface area contributed by atoms with E-state index in [1.54, 1.807) is 0 Å². The van der Waals surface area contributed by atoms with E-state index in [2.05, 4.69) is 30.1 Å². The Hall–Kier alpha value is -0.590. The monoisotopic (exact) mass is 211 g/mol. The molecule has 0 rings (SSSR count). The van der Waals surface area contributed by atoms with Gasteiger partial charge in [-0.15, -0.1) is 0 Å². The lowest BCUT2D eigenvalue weighted by molar-refractivity contribution is 0.290. The zero-order chi connectivity index (χ0) is 11.7. The van der Waals surface area contributed by atoms with Crippen LogP contribution in [-0.4, -0.2) is 37.1 Å². The van der Waals surface area contributed by atoms with E-state index >= 15 is 0 Å². The Labute approximate surface area is 94.5 Å². The molecule has 0 saturated heterocycles. The lowest BCUT2D eigenvalue weighted by atomic mass is 9.97. The van der Waals surface area contributed by atoms with Crippen LogP contribution in [0.25, 0.3) is 0 Å². The van der Waals surface area contributed by atoms with Gasteiger partial charge in [-0.25, -0.2) is 0 Å². The fourth-order valence-electron chi connectivity index (χ4n) is 1.59. The predicted octanol–water partition coefficient (Wildman–Crippen LogP) is 2.00. The van der Waals surface area contributed by atoms with Crippen LogP contribution in [0.2, 0.25) is 0 Å². The Bertz CT molecular complexity index is 194. The van der Waals surface area contributed by atoms with E-state index in [0.717, 1.165) is 32.5 Å². The van der Waals surface area contributed by atoms with Gasteiger partial charge in [0.25, 0.3) is 0 Å². The summed E-state index contributed by atoms with van der Waals surface area (Å²) in [6, 6.07) is 2.32. The number of nitrogens with one attached hydrogen (secondary N) is 1. The number of nitrogens with zero attached hydrogens (tertiary/aromatic N) is 2. The van der Waals surface area contributed by atoms with Crippen LogP contribution in [0.1, 0.15) is 40.0 Å². The van der Waals surface area contributed by atoms with Crippen LogP contribution >= 0.6 is 0 Å². The molecule has 0 heterocycles. The third-order valence-corrected chi connectivity index (χ3v) is 3.09. The second-order valence-electron chi connectivity index (χ2n) is 4.18. The second-order valence-corrected chi connectivity index (χ2v) is 4.18. The summed E-state index contributed by atoms with van der Waals surface area (Å²) in [4.78, 5) is 2.42. The standard InChI is InChI=1S/C12H25N3/c1-5-15(6-2)10-8-7-9-12(3,11-13)14-4/h14H,5-10H2,1-4H3. The maximum absolute atomic E-state index is 8.96. The number of hydrogen-bond acceptors (Lipinski definition) is 3. The van der Waals surface area contributed by atoms with Gasteiger partial charge in [0.2, 0.25) is 0 Å². The summed E-state index contributed by atoms with van der Waals surface area (Å²) in [6.07, 6.45) is 3.23. The molecule has 0 aliphatic heterocycles. The topological polar surface area (TPSA) is 39.1 Å². The molecule has 88 valence electrons. The second kappa shape index (κ2) is 7.67. The van der Waals surface area contributed by atoms with Crippen LogP contribution in [0.3, 0.4) is 0 Å². The van der Waals surface area contributed by atoms with Gasteiger partial charge in [-0.05, 0) is 52.9 Å². The van der Waals surface area contributed by atoms with Gasteiger partial charge >= 0.3 is 0 Å². The highest BCUT2D eigenvalue weighted by Gasteiger charge is 2.19. The summed E-state index contributed by atoms with van der Waals surface area (Å²) in [5, 5.41) is 12.0. The third-order valence-electron chi connectivity index (χ3n) is 3.09. The minimum atomic E-state index is -0.344. The molecule has 3 nitrogen and oxygen atoms in total.